The second-order valence-electron chi connectivity index (χ2n) is 6.37. The number of amides is 3. The van der Waals surface area contributed by atoms with Gasteiger partial charge in [0.05, 0.1) is 5.56 Å². The molecule has 1 fully saturated rings. The van der Waals surface area contributed by atoms with Gasteiger partial charge in [-0.15, -0.1) is 11.3 Å². The lowest BCUT2D eigenvalue weighted by atomic mass is 10.1. The van der Waals surface area contributed by atoms with Gasteiger partial charge in [0.1, 0.15) is 5.00 Å². The number of anilines is 1. The zero-order valence-electron chi connectivity index (χ0n) is 14.5. The van der Waals surface area contributed by atoms with Crippen LogP contribution in [0.15, 0.2) is 24.3 Å². The number of benzene rings is 1. The van der Waals surface area contributed by atoms with Crippen molar-refractivity contribution in [3.8, 4) is 10.4 Å². The Bertz CT molecular complexity index is 828. The highest BCUT2D eigenvalue weighted by Crippen LogP contribution is 2.37. The number of hydrogen-bond acceptors (Lipinski definition) is 4. The highest BCUT2D eigenvalue weighted by Gasteiger charge is 2.21. The van der Waals surface area contributed by atoms with Crippen molar-refractivity contribution in [1.29, 1.82) is 0 Å². The summed E-state index contributed by atoms with van der Waals surface area (Å²) in [6, 6.07) is 6.18. The molecule has 3 amide bonds. The third-order valence-electron chi connectivity index (χ3n) is 4.24. The molecule has 1 atom stereocenters. The Hall–Kier alpha value is -1.80. The molecule has 144 valence electrons. The molecule has 1 aliphatic rings. The largest absolute Gasteiger partial charge is 0.351 e. The van der Waals surface area contributed by atoms with Crippen LogP contribution in [0.4, 0.5) is 9.80 Å². The fraction of sp³-hybridized carbons (Fsp3) is 0.333. The highest BCUT2D eigenvalue weighted by molar-refractivity contribution is 7.20. The van der Waals surface area contributed by atoms with Gasteiger partial charge in [0.2, 0.25) is 0 Å². The highest BCUT2D eigenvalue weighted by atomic mass is 35.5. The molecule has 0 saturated carbocycles. The topological polar surface area (TPSA) is 96.2 Å². The fourth-order valence-corrected chi connectivity index (χ4v) is 4.58. The fourth-order valence-electron chi connectivity index (χ4n) is 3.01. The van der Waals surface area contributed by atoms with Crippen LogP contribution < -0.4 is 21.7 Å². The van der Waals surface area contributed by atoms with E-state index in [9.17, 15) is 9.59 Å². The van der Waals surface area contributed by atoms with E-state index >= 15 is 0 Å². The van der Waals surface area contributed by atoms with Crippen molar-refractivity contribution in [1.82, 2.24) is 10.6 Å². The maximum absolute atomic E-state index is 12.8. The van der Waals surface area contributed by atoms with Crippen LogP contribution in [0.2, 0.25) is 10.0 Å². The summed E-state index contributed by atoms with van der Waals surface area (Å²) in [5, 5.41) is 10.3. The minimum atomic E-state index is -0.724. The molecule has 5 N–H and O–H groups in total. The van der Waals surface area contributed by atoms with E-state index in [1.165, 1.54) is 11.3 Å². The number of urea groups is 1. The van der Waals surface area contributed by atoms with Crippen LogP contribution in [0.5, 0.6) is 0 Å². The minimum Gasteiger partial charge on any atom is -0.351 e. The van der Waals surface area contributed by atoms with Crippen molar-refractivity contribution in [2.45, 2.75) is 25.3 Å². The van der Waals surface area contributed by atoms with E-state index < -0.39 is 6.03 Å². The summed E-state index contributed by atoms with van der Waals surface area (Å²) in [6.07, 6.45) is 3.07. The molecule has 2 aromatic rings. The van der Waals surface area contributed by atoms with Gasteiger partial charge in [-0.1, -0.05) is 29.6 Å². The van der Waals surface area contributed by atoms with Crippen LogP contribution in [0.1, 0.15) is 29.6 Å². The van der Waals surface area contributed by atoms with Crippen molar-refractivity contribution < 1.29 is 9.59 Å². The average Bonchev–Trinajstić information content (AvgIpc) is 2.82. The molecule has 0 unspecified atom stereocenters. The molecule has 6 nitrogen and oxygen atoms in total. The first kappa shape index (κ1) is 19.9. The van der Waals surface area contributed by atoms with Crippen molar-refractivity contribution in [3.63, 3.8) is 0 Å². The first-order valence-electron chi connectivity index (χ1n) is 8.60. The number of rotatable bonds is 4. The number of carbonyl (C=O) groups is 2. The third-order valence-corrected chi connectivity index (χ3v) is 5.78. The van der Waals surface area contributed by atoms with Gasteiger partial charge in [0, 0.05) is 27.5 Å². The Balaban J connectivity index is 1.89. The van der Waals surface area contributed by atoms with E-state index in [2.05, 4.69) is 16.0 Å². The molecular formula is C18H20Cl2N4O2S. The van der Waals surface area contributed by atoms with E-state index in [4.69, 9.17) is 28.9 Å². The summed E-state index contributed by atoms with van der Waals surface area (Å²) >= 11 is 13.4. The normalized spacial score (nSPS) is 17.2. The molecular weight excluding hydrogens is 407 g/mol. The summed E-state index contributed by atoms with van der Waals surface area (Å²) in [5.41, 5.74) is 6.40. The standard InChI is InChI=1S/C18H20Cl2N4O2S/c19-11-5-10(6-12(20)7-11)15-8-14(17(27-15)24-18(21)26)16(25)23-13-3-1-2-4-22-9-13/h5-8,13,22H,1-4,9H2,(H,23,25)(H3,21,24,26)/t13-/m0/s1. The Morgan fingerprint density at radius 1 is 1.15 bits per heavy atom. The second-order valence-corrected chi connectivity index (χ2v) is 8.30. The van der Waals surface area contributed by atoms with Gasteiger partial charge in [-0.3, -0.25) is 10.1 Å². The summed E-state index contributed by atoms with van der Waals surface area (Å²) in [6.45, 7) is 1.68. The molecule has 27 heavy (non-hydrogen) atoms. The third kappa shape index (κ3) is 5.35. The molecule has 3 rings (SSSR count). The monoisotopic (exact) mass is 426 g/mol. The smallest absolute Gasteiger partial charge is 0.317 e. The van der Waals surface area contributed by atoms with Crippen molar-refractivity contribution >= 4 is 51.5 Å². The number of nitrogens with two attached hydrogens (primary N) is 1. The summed E-state index contributed by atoms with van der Waals surface area (Å²) in [7, 11) is 0. The van der Waals surface area contributed by atoms with Gasteiger partial charge in [-0.2, -0.15) is 0 Å². The van der Waals surface area contributed by atoms with Gasteiger partial charge in [0.15, 0.2) is 0 Å². The molecule has 0 bridgehead atoms. The zero-order chi connectivity index (χ0) is 19.4. The minimum absolute atomic E-state index is 0.0467. The maximum atomic E-state index is 12.8. The maximum Gasteiger partial charge on any atom is 0.317 e. The molecule has 0 aliphatic carbocycles. The van der Waals surface area contributed by atoms with Crippen LogP contribution in [0.3, 0.4) is 0 Å². The Morgan fingerprint density at radius 2 is 1.89 bits per heavy atom. The van der Waals surface area contributed by atoms with Gasteiger partial charge in [-0.25, -0.2) is 4.79 Å². The number of carbonyl (C=O) groups excluding carboxylic acids is 2. The predicted molar refractivity (Wildman–Crippen MR) is 111 cm³/mol. The first-order valence-corrected chi connectivity index (χ1v) is 10.2. The van der Waals surface area contributed by atoms with E-state index in [0.29, 0.717) is 20.6 Å². The molecule has 0 spiro atoms. The Labute approximate surface area is 171 Å². The Morgan fingerprint density at radius 3 is 2.59 bits per heavy atom. The molecule has 1 aliphatic heterocycles. The summed E-state index contributed by atoms with van der Waals surface area (Å²) in [5.74, 6) is -0.247. The van der Waals surface area contributed by atoms with E-state index in [1.54, 1.807) is 24.3 Å². The van der Waals surface area contributed by atoms with Crippen molar-refractivity contribution in [2.75, 3.05) is 18.4 Å². The van der Waals surface area contributed by atoms with E-state index in [1.807, 2.05) is 0 Å². The van der Waals surface area contributed by atoms with E-state index in [-0.39, 0.29) is 11.9 Å². The lowest BCUT2D eigenvalue weighted by Crippen LogP contribution is -2.41. The van der Waals surface area contributed by atoms with Crippen LogP contribution in [-0.4, -0.2) is 31.1 Å². The SMILES string of the molecule is NC(=O)Nc1sc(-c2cc(Cl)cc(Cl)c2)cc1C(=O)N[C@H]1CCCCNC1. The lowest BCUT2D eigenvalue weighted by Gasteiger charge is -2.16. The van der Waals surface area contributed by atoms with Crippen LogP contribution in [0.25, 0.3) is 10.4 Å². The van der Waals surface area contributed by atoms with Gasteiger partial charge >= 0.3 is 6.03 Å². The lowest BCUT2D eigenvalue weighted by molar-refractivity contribution is 0.0937. The number of halogens is 2. The predicted octanol–water partition coefficient (Wildman–Crippen LogP) is 4.08. The Kier molecular flexibility index (Phi) is 6.59. The van der Waals surface area contributed by atoms with Gasteiger partial charge in [0.25, 0.3) is 5.91 Å². The summed E-state index contributed by atoms with van der Waals surface area (Å²) in [4.78, 5) is 25.0. The molecule has 1 aromatic heterocycles. The van der Waals surface area contributed by atoms with Crippen molar-refractivity contribution in [3.05, 3.63) is 39.9 Å². The molecule has 0 radical (unpaired) electrons. The number of hydrogen-bond donors (Lipinski definition) is 4. The molecule has 1 aromatic carbocycles. The zero-order valence-corrected chi connectivity index (χ0v) is 16.8. The molecule has 2 heterocycles. The van der Waals surface area contributed by atoms with Gasteiger partial charge < -0.3 is 16.4 Å². The molecule has 1 saturated heterocycles. The second kappa shape index (κ2) is 8.93. The quantitative estimate of drug-likeness (QED) is 0.592. The van der Waals surface area contributed by atoms with E-state index in [0.717, 1.165) is 42.8 Å². The average molecular weight is 427 g/mol. The van der Waals surface area contributed by atoms with Crippen LogP contribution >= 0.6 is 34.5 Å². The van der Waals surface area contributed by atoms with Gasteiger partial charge in [-0.05, 0) is 49.2 Å². The van der Waals surface area contributed by atoms with Crippen LogP contribution in [0, 0.1) is 0 Å². The molecule has 9 heteroatoms. The number of nitrogens with one attached hydrogen (secondary N) is 3. The number of primary amides is 1. The number of thiophene rings is 1. The summed E-state index contributed by atoms with van der Waals surface area (Å²) < 4.78 is 0. The first-order chi connectivity index (χ1) is 12.9. The van der Waals surface area contributed by atoms with Crippen molar-refractivity contribution in [2.24, 2.45) is 5.73 Å². The van der Waals surface area contributed by atoms with Crippen LogP contribution in [-0.2, 0) is 0 Å².